The van der Waals surface area contributed by atoms with Crippen LogP contribution in [0.3, 0.4) is 0 Å². The monoisotopic (exact) mass is 432 g/mol. The molecule has 3 heteroatoms. The van der Waals surface area contributed by atoms with Gasteiger partial charge in [0.2, 0.25) is 0 Å². The predicted molar refractivity (Wildman–Crippen MR) is 132 cm³/mol. The average molecular weight is 433 g/mol. The zero-order valence-corrected chi connectivity index (χ0v) is 20.8. The molecule has 0 radical (unpaired) electrons. The van der Waals surface area contributed by atoms with Crippen LogP contribution in [-0.2, 0) is 4.74 Å². The third-order valence-electron chi connectivity index (χ3n) is 5.63. The molecule has 31 heavy (non-hydrogen) atoms. The lowest BCUT2D eigenvalue weighted by Crippen LogP contribution is -2.11. The maximum absolute atomic E-state index is 11.8. The third-order valence-corrected chi connectivity index (χ3v) is 5.63. The Morgan fingerprint density at radius 1 is 0.677 bits per heavy atom. The van der Waals surface area contributed by atoms with Crippen molar-refractivity contribution < 1.29 is 14.3 Å². The van der Waals surface area contributed by atoms with Gasteiger partial charge in [-0.3, -0.25) is 0 Å². The number of carbonyl (C=O) groups is 1. The molecule has 0 fully saturated rings. The van der Waals surface area contributed by atoms with Gasteiger partial charge < -0.3 is 9.47 Å². The molecule has 0 N–H and O–H groups in total. The van der Waals surface area contributed by atoms with Crippen molar-refractivity contribution in [1.29, 1.82) is 0 Å². The van der Waals surface area contributed by atoms with E-state index in [1.807, 2.05) is 26.0 Å². The van der Waals surface area contributed by atoms with Crippen molar-refractivity contribution in [3.05, 3.63) is 29.8 Å². The summed E-state index contributed by atoms with van der Waals surface area (Å²) in [4.78, 5) is 11.8. The molecule has 0 saturated heterocycles. The molecular weight excluding hydrogens is 384 g/mol. The van der Waals surface area contributed by atoms with Crippen LogP contribution < -0.4 is 4.74 Å². The number of benzene rings is 1. The van der Waals surface area contributed by atoms with E-state index < -0.39 is 0 Å². The van der Waals surface area contributed by atoms with Crippen LogP contribution in [0.2, 0.25) is 0 Å². The minimum Gasteiger partial charge on any atom is -0.494 e. The van der Waals surface area contributed by atoms with Crippen LogP contribution in [0.15, 0.2) is 24.3 Å². The van der Waals surface area contributed by atoms with E-state index in [2.05, 4.69) is 13.8 Å². The predicted octanol–water partition coefficient (Wildman–Crippen LogP) is 8.75. The molecule has 0 spiro atoms. The van der Waals surface area contributed by atoms with Crippen molar-refractivity contribution >= 4 is 5.97 Å². The molecule has 0 aliphatic carbocycles. The first-order valence-corrected chi connectivity index (χ1v) is 12.9. The van der Waals surface area contributed by atoms with E-state index in [4.69, 9.17) is 9.47 Å². The Balaban J connectivity index is 1.88. The molecule has 1 rings (SSSR count). The quantitative estimate of drug-likeness (QED) is 0.162. The molecule has 0 bridgehead atoms. The summed E-state index contributed by atoms with van der Waals surface area (Å²) in [5, 5.41) is 0. The van der Waals surface area contributed by atoms with Crippen LogP contribution >= 0.6 is 0 Å². The fourth-order valence-corrected chi connectivity index (χ4v) is 3.76. The number of ether oxygens (including phenoxy) is 2. The highest BCUT2D eigenvalue weighted by atomic mass is 16.5. The molecular formula is C28H48O3. The van der Waals surface area contributed by atoms with E-state index >= 15 is 0 Å². The van der Waals surface area contributed by atoms with E-state index in [1.165, 1.54) is 83.5 Å². The SMILES string of the molecule is CC(C)CCCCCCCCCCCCCCCOc1ccc(C(=O)OC(C)C)cc1. The third kappa shape index (κ3) is 15.9. The number of carbonyl (C=O) groups excluding carboxylic acids is 1. The minimum atomic E-state index is -0.279. The molecule has 0 atom stereocenters. The average Bonchev–Trinajstić information content (AvgIpc) is 2.73. The Morgan fingerprint density at radius 3 is 1.58 bits per heavy atom. The van der Waals surface area contributed by atoms with E-state index in [0.717, 1.165) is 24.7 Å². The standard InChI is InChI=1S/C28H48O3/c1-24(2)18-16-14-12-10-8-6-5-7-9-11-13-15-17-23-30-27-21-19-26(20-22-27)28(29)31-25(3)4/h19-22,24-25H,5-18,23H2,1-4H3. The van der Waals surface area contributed by atoms with Gasteiger partial charge in [-0.25, -0.2) is 4.79 Å². The normalized spacial score (nSPS) is 11.3. The van der Waals surface area contributed by atoms with Gasteiger partial charge >= 0.3 is 5.97 Å². The number of unbranched alkanes of at least 4 members (excludes halogenated alkanes) is 12. The van der Waals surface area contributed by atoms with Crippen LogP contribution in [0.5, 0.6) is 5.75 Å². The van der Waals surface area contributed by atoms with Gasteiger partial charge in [0.1, 0.15) is 5.75 Å². The molecule has 1 aromatic carbocycles. The molecule has 0 aliphatic rings. The van der Waals surface area contributed by atoms with E-state index in [0.29, 0.717) is 5.56 Å². The van der Waals surface area contributed by atoms with Crippen molar-refractivity contribution in [1.82, 2.24) is 0 Å². The highest BCUT2D eigenvalue weighted by Crippen LogP contribution is 2.16. The van der Waals surface area contributed by atoms with Crippen LogP contribution in [0.25, 0.3) is 0 Å². The fraction of sp³-hybridized carbons (Fsp3) is 0.750. The van der Waals surface area contributed by atoms with Crippen LogP contribution in [-0.4, -0.2) is 18.7 Å². The molecule has 0 unspecified atom stereocenters. The summed E-state index contributed by atoms with van der Waals surface area (Å²) in [5.74, 6) is 1.41. The van der Waals surface area contributed by atoms with Gasteiger partial charge in [-0.15, -0.1) is 0 Å². The highest BCUT2D eigenvalue weighted by Gasteiger charge is 2.08. The Labute approximate surface area is 192 Å². The lowest BCUT2D eigenvalue weighted by Gasteiger charge is -2.09. The van der Waals surface area contributed by atoms with Crippen molar-refractivity contribution in [2.75, 3.05) is 6.61 Å². The van der Waals surface area contributed by atoms with Gasteiger partial charge in [-0.2, -0.15) is 0 Å². The van der Waals surface area contributed by atoms with Crippen LogP contribution in [0.1, 0.15) is 128 Å². The topological polar surface area (TPSA) is 35.5 Å². The number of rotatable bonds is 19. The second-order valence-electron chi connectivity index (χ2n) is 9.61. The van der Waals surface area contributed by atoms with Gasteiger partial charge in [0.05, 0.1) is 18.3 Å². The molecule has 0 aromatic heterocycles. The second kappa shape index (κ2) is 18.1. The first-order valence-electron chi connectivity index (χ1n) is 12.9. The number of hydrogen-bond donors (Lipinski definition) is 0. The maximum atomic E-state index is 11.8. The number of hydrogen-bond acceptors (Lipinski definition) is 3. The lowest BCUT2D eigenvalue weighted by molar-refractivity contribution is 0.0378. The Morgan fingerprint density at radius 2 is 1.13 bits per heavy atom. The molecule has 0 amide bonds. The van der Waals surface area contributed by atoms with E-state index in [9.17, 15) is 4.79 Å². The summed E-state index contributed by atoms with van der Waals surface area (Å²) in [6.45, 7) is 9.10. The van der Waals surface area contributed by atoms with Crippen molar-refractivity contribution in [3.63, 3.8) is 0 Å². The summed E-state index contributed by atoms with van der Waals surface area (Å²) in [6, 6.07) is 7.24. The lowest BCUT2D eigenvalue weighted by atomic mass is 10.0. The van der Waals surface area contributed by atoms with E-state index in [-0.39, 0.29) is 12.1 Å². The molecule has 0 aliphatic heterocycles. The first-order chi connectivity index (χ1) is 15.0. The van der Waals surface area contributed by atoms with Gasteiger partial charge in [0.25, 0.3) is 0 Å². The Bertz CT molecular complexity index is 548. The summed E-state index contributed by atoms with van der Waals surface area (Å²) in [5.41, 5.74) is 0.572. The summed E-state index contributed by atoms with van der Waals surface area (Å²) < 4.78 is 11.0. The van der Waals surface area contributed by atoms with Gasteiger partial charge in [0.15, 0.2) is 0 Å². The van der Waals surface area contributed by atoms with Gasteiger partial charge in [-0.1, -0.05) is 97.3 Å². The van der Waals surface area contributed by atoms with Gasteiger partial charge in [-0.05, 0) is 50.5 Å². The Hall–Kier alpha value is -1.51. The van der Waals surface area contributed by atoms with Gasteiger partial charge in [0, 0.05) is 0 Å². The largest absolute Gasteiger partial charge is 0.494 e. The van der Waals surface area contributed by atoms with Crippen LogP contribution in [0.4, 0.5) is 0 Å². The first kappa shape index (κ1) is 27.5. The summed E-state index contributed by atoms with van der Waals surface area (Å²) in [7, 11) is 0. The summed E-state index contributed by atoms with van der Waals surface area (Å²) >= 11 is 0. The van der Waals surface area contributed by atoms with Crippen molar-refractivity contribution in [3.8, 4) is 5.75 Å². The molecule has 1 aromatic rings. The smallest absolute Gasteiger partial charge is 0.338 e. The van der Waals surface area contributed by atoms with E-state index in [1.54, 1.807) is 12.1 Å². The Kier molecular flexibility index (Phi) is 16.1. The molecule has 0 heterocycles. The fourth-order valence-electron chi connectivity index (χ4n) is 3.76. The van der Waals surface area contributed by atoms with Crippen LogP contribution in [0, 0.1) is 5.92 Å². The van der Waals surface area contributed by atoms with Crippen molar-refractivity contribution in [2.45, 2.75) is 124 Å². The van der Waals surface area contributed by atoms with Crippen molar-refractivity contribution in [2.24, 2.45) is 5.92 Å². The summed E-state index contributed by atoms with van der Waals surface area (Å²) in [6.07, 6.45) is 19.0. The molecule has 3 nitrogen and oxygen atoms in total. The zero-order chi connectivity index (χ0) is 22.7. The maximum Gasteiger partial charge on any atom is 0.338 e. The molecule has 178 valence electrons. The number of esters is 1. The highest BCUT2D eigenvalue weighted by molar-refractivity contribution is 5.89. The minimum absolute atomic E-state index is 0.0994. The zero-order valence-electron chi connectivity index (χ0n) is 20.8. The second-order valence-corrected chi connectivity index (χ2v) is 9.61. The molecule has 0 saturated carbocycles.